The third-order valence-electron chi connectivity index (χ3n) is 2.72. The Kier molecular flexibility index (Phi) is 7.18. The van der Waals surface area contributed by atoms with Gasteiger partial charge < -0.3 is 9.88 Å². The summed E-state index contributed by atoms with van der Waals surface area (Å²) in [7, 11) is -0.127. The number of hydrogen-bond donors (Lipinski definition) is 2. The molecule has 0 saturated carbocycles. The van der Waals surface area contributed by atoms with Crippen LogP contribution in [0.2, 0.25) is 0 Å². The van der Waals surface area contributed by atoms with Crippen molar-refractivity contribution in [3.63, 3.8) is 0 Å². The second kappa shape index (κ2) is 7.96. The van der Waals surface area contributed by atoms with Gasteiger partial charge in [0, 0.05) is 12.3 Å². The second-order valence-corrected chi connectivity index (χ2v) is 7.22. The van der Waals surface area contributed by atoms with Crippen LogP contribution in [-0.2, 0) is 15.9 Å². The van der Waals surface area contributed by atoms with Gasteiger partial charge in [0.1, 0.15) is 5.82 Å². The molecular formula is C12H18N3NaO3S2. The molecule has 0 bridgehead atoms. The van der Waals surface area contributed by atoms with E-state index in [1.54, 1.807) is 17.8 Å². The molecule has 1 heterocycles. The van der Waals surface area contributed by atoms with Gasteiger partial charge in [0.2, 0.25) is 0 Å². The molecule has 0 amide bonds. The van der Waals surface area contributed by atoms with E-state index in [1.807, 2.05) is 14.1 Å². The van der Waals surface area contributed by atoms with Gasteiger partial charge in [0.15, 0.2) is 0 Å². The van der Waals surface area contributed by atoms with Crippen molar-refractivity contribution in [1.82, 2.24) is 14.9 Å². The predicted octanol–water partition coefficient (Wildman–Crippen LogP) is 0.956. The SMILES string of the molecule is CN(C)CCSCc1nc2cc(S(=O)(=O)O)ccc2[nH]1.[NaH]. The topological polar surface area (TPSA) is 86.3 Å². The van der Waals surface area contributed by atoms with E-state index >= 15 is 0 Å². The minimum absolute atomic E-state index is 0. The predicted molar refractivity (Wildman–Crippen MR) is 87.8 cm³/mol. The van der Waals surface area contributed by atoms with Gasteiger partial charge in [-0.2, -0.15) is 20.2 Å². The molecule has 0 radical (unpaired) electrons. The fraction of sp³-hybridized carbons (Fsp3) is 0.417. The first-order valence-electron chi connectivity index (χ1n) is 6.05. The first-order chi connectivity index (χ1) is 9.36. The van der Waals surface area contributed by atoms with E-state index in [4.69, 9.17) is 4.55 Å². The van der Waals surface area contributed by atoms with Crippen LogP contribution in [0.3, 0.4) is 0 Å². The fourth-order valence-corrected chi connectivity index (χ4v) is 3.15. The molecule has 0 fully saturated rings. The summed E-state index contributed by atoms with van der Waals surface area (Å²) in [5, 5.41) is 0. The molecule has 0 unspecified atom stereocenters. The van der Waals surface area contributed by atoms with Crippen LogP contribution in [0, 0.1) is 0 Å². The van der Waals surface area contributed by atoms with Gasteiger partial charge in [-0.25, -0.2) is 4.98 Å². The normalized spacial score (nSPS) is 11.8. The monoisotopic (exact) mass is 339 g/mol. The first kappa shape index (κ1) is 19.0. The molecule has 0 spiro atoms. The summed E-state index contributed by atoms with van der Waals surface area (Å²) >= 11 is 1.76. The number of nitrogens with zero attached hydrogens (tertiary/aromatic N) is 2. The average molecular weight is 339 g/mol. The van der Waals surface area contributed by atoms with Gasteiger partial charge in [-0.15, -0.1) is 0 Å². The van der Waals surface area contributed by atoms with Crippen molar-refractivity contribution in [2.75, 3.05) is 26.4 Å². The Hall–Kier alpha value is -0.0900. The summed E-state index contributed by atoms with van der Waals surface area (Å²) in [5.41, 5.74) is 1.31. The van der Waals surface area contributed by atoms with Crippen molar-refractivity contribution >= 4 is 62.5 Å². The molecule has 21 heavy (non-hydrogen) atoms. The van der Waals surface area contributed by atoms with E-state index in [0.717, 1.165) is 29.4 Å². The first-order valence-corrected chi connectivity index (χ1v) is 8.64. The summed E-state index contributed by atoms with van der Waals surface area (Å²) in [6.45, 7) is 0.998. The van der Waals surface area contributed by atoms with Crippen LogP contribution in [0.25, 0.3) is 11.0 Å². The van der Waals surface area contributed by atoms with Crippen molar-refractivity contribution in [3.05, 3.63) is 24.0 Å². The van der Waals surface area contributed by atoms with Crippen LogP contribution < -0.4 is 0 Å². The van der Waals surface area contributed by atoms with Gasteiger partial charge in [-0.3, -0.25) is 4.55 Å². The number of nitrogens with one attached hydrogen (secondary N) is 1. The third-order valence-corrected chi connectivity index (χ3v) is 4.52. The van der Waals surface area contributed by atoms with E-state index in [2.05, 4.69) is 14.9 Å². The van der Waals surface area contributed by atoms with Crippen LogP contribution >= 0.6 is 11.8 Å². The average Bonchev–Trinajstić information content (AvgIpc) is 2.74. The summed E-state index contributed by atoms with van der Waals surface area (Å²) in [6.07, 6.45) is 0. The van der Waals surface area contributed by atoms with Crippen LogP contribution in [0.1, 0.15) is 5.82 Å². The van der Waals surface area contributed by atoms with E-state index in [0.29, 0.717) is 5.52 Å². The van der Waals surface area contributed by atoms with Gasteiger partial charge in [-0.05, 0) is 32.3 Å². The van der Waals surface area contributed by atoms with Gasteiger partial charge >= 0.3 is 29.6 Å². The molecule has 0 aliphatic rings. The molecule has 0 aliphatic carbocycles. The number of H-pyrrole nitrogens is 1. The molecular weight excluding hydrogens is 321 g/mol. The Bertz CT molecular complexity index is 701. The molecule has 1 aromatic heterocycles. The Balaban J connectivity index is 0.00000220. The van der Waals surface area contributed by atoms with Crippen LogP contribution in [0.15, 0.2) is 23.1 Å². The third kappa shape index (κ3) is 5.55. The van der Waals surface area contributed by atoms with Crippen LogP contribution in [-0.4, -0.2) is 83.8 Å². The van der Waals surface area contributed by atoms with Gasteiger partial charge in [-0.1, -0.05) is 0 Å². The summed E-state index contributed by atoms with van der Waals surface area (Å²) in [6, 6.07) is 4.34. The van der Waals surface area contributed by atoms with Gasteiger partial charge in [0.05, 0.1) is 21.7 Å². The Morgan fingerprint density at radius 1 is 1.38 bits per heavy atom. The number of rotatable bonds is 6. The number of aromatic nitrogens is 2. The zero-order chi connectivity index (χ0) is 14.8. The molecule has 112 valence electrons. The number of aromatic amines is 1. The molecule has 0 aliphatic heterocycles. The molecule has 0 saturated heterocycles. The van der Waals surface area contributed by atoms with Crippen molar-refractivity contribution in [2.24, 2.45) is 0 Å². The number of hydrogen-bond acceptors (Lipinski definition) is 5. The Morgan fingerprint density at radius 3 is 2.71 bits per heavy atom. The Labute approximate surface area is 150 Å². The van der Waals surface area contributed by atoms with Gasteiger partial charge in [0.25, 0.3) is 10.1 Å². The molecule has 2 rings (SSSR count). The maximum atomic E-state index is 11.1. The number of benzene rings is 1. The summed E-state index contributed by atoms with van der Waals surface area (Å²) in [4.78, 5) is 9.46. The molecule has 9 heteroatoms. The molecule has 6 nitrogen and oxygen atoms in total. The van der Waals surface area contributed by atoms with Crippen LogP contribution in [0.5, 0.6) is 0 Å². The molecule has 2 N–H and O–H groups in total. The minimum atomic E-state index is -4.18. The van der Waals surface area contributed by atoms with Crippen molar-refractivity contribution < 1.29 is 13.0 Å². The number of fused-ring (bicyclic) bond motifs is 1. The summed E-state index contributed by atoms with van der Waals surface area (Å²) in [5.74, 6) is 2.54. The van der Waals surface area contributed by atoms with E-state index in [-0.39, 0.29) is 34.5 Å². The molecule has 1 aromatic carbocycles. The second-order valence-electron chi connectivity index (χ2n) is 4.69. The number of imidazole rings is 1. The maximum absolute atomic E-state index is 11.1. The van der Waals surface area contributed by atoms with Crippen molar-refractivity contribution in [3.8, 4) is 0 Å². The zero-order valence-electron chi connectivity index (χ0n) is 11.3. The Morgan fingerprint density at radius 2 is 2.10 bits per heavy atom. The van der Waals surface area contributed by atoms with Crippen LogP contribution in [0.4, 0.5) is 0 Å². The summed E-state index contributed by atoms with van der Waals surface area (Å²) < 4.78 is 31.1. The quantitative estimate of drug-likeness (QED) is 0.463. The number of thioether (sulfide) groups is 1. The molecule has 0 atom stereocenters. The fourth-order valence-electron chi connectivity index (χ4n) is 1.68. The van der Waals surface area contributed by atoms with E-state index in [1.165, 1.54) is 12.1 Å². The standard InChI is InChI=1S/C12H17N3O3S2.Na.H/c1-15(2)5-6-19-8-12-13-10-4-3-9(20(16,17)18)7-11(10)14-12;;/h3-4,7H,5-6,8H2,1-2H3,(H,13,14)(H,16,17,18);;. The van der Waals surface area contributed by atoms with E-state index < -0.39 is 10.1 Å². The van der Waals surface area contributed by atoms with E-state index in [9.17, 15) is 8.42 Å². The molecule has 2 aromatic rings. The van der Waals surface area contributed by atoms with Crippen molar-refractivity contribution in [2.45, 2.75) is 10.6 Å². The zero-order valence-corrected chi connectivity index (χ0v) is 13.0. The van der Waals surface area contributed by atoms with Crippen molar-refractivity contribution in [1.29, 1.82) is 0 Å².